The molecule has 0 atom stereocenters. The quantitative estimate of drug-likeness (QED) is 0.433. The van der Waals surface area contributed by atoms with Crippen molar-refractivity contribution in [1.29, 1.82) is 5.26 Å². The van der Waals surface area contributed by atoms with Gasteiger partial charge in [-0.2, -0.15) is 5.26 Å². The molecule has 0 unspecified atom stereocenters. The van der Waals surface area contributed by atoms with Gasteiger partial charge in [0.2, 0.25) is 0 Å². The maximum absolute atomic E-state index is 13.2. The molecule has 4 nitrogen and oxygen atoms in total. The Labute approximate surface area is 103 Å². The average molecular weight is 247 g/mol. The summed E-state index contributed by atoms with van der Waals surface area (Å²) in [5.74, 6) is -0.696. The summed E-state index contributed by atoms with van der Waals surface area (Å²) in [5.41, 5.74) is 0.793. The van der Waals surface area contributed by atoms with Crippen LogP contribution in [-0.2, 0) is 9.53 Å². The zero-order valence-corrected chi connectivity index (χ0v) is 9.70. The third-order valence-electron chi connectivity index (χ3n) is 2.68. The van der Waals surface area contributed by atoms with Crippen LogP contribution in [0, 0.1) is 17.1 Å². The summed E-state index contributed by atoms with van der Waals surface area (Å²) < 4.78 is 23.1. The topological polar surface area (TPSA) is 59.3 Å². The van der Waals surface area contributed by atoms with Gasteiger partial charge in [0.1, 0.15) is 23.2 Å². The predicted octanol–water partition coefficient (Wildman–Crippen LogP) is 2.06. The van der Waals surface area contributed by atoms with E-state index in [4.69, 9.17) is 10.00 Å². The average Bonchev–Trinajstić information content (AvgIpc) is 2.39. The van der Waals surface area contributed by atoms with Crippen LogP contribution >= 0.6 is 0 Å². The second-order valence-electron chi connectivity index (χ2n) is 3.70. The summed E-state index contributed by atoms with van der Waals surface area (Å²) in [4.78, 5) is 11.5. The van der Waals surface area contributed by atoms with Crippen molar-refractivity contribution in [2.24, 2.45) is 0 Å². The highest BCUT2D eigenvalue weighted by molar-refractivity contribution is 6.02. The van der Waals surface area contributed by atoms with Gasteiger partial charge >= 0.3 is 5.97 Å². The van der Waals surface area contributed by atoms with Gasteiger partial charge in [0, 0.05) is 12.0 Å². The lowest BCUT2D eigenvalue weighted by Crippen LogP contribution is -2.13. The highest BCUT2D eigenvalue weighted by atomic mass is 19.1. The fourth-order valence-corrected chi connectivity index (χ4v) is 1.86. The minimum absolute atomic E-state index is 0.104. The molecule has 5 heteroatoms. The maximum atomic E-state index is 13.2. The highest BCUT2D eigenvalue weighted by Crippen LogP contribution is 2.35. The van der Waals surface area contributed by atoms with Gasteiger partial charge in [0.15, 0.2) is 0 Å². The van der Waals surface area contributed by atoms with E-state index in [-0.39, 0.29) is 5.57 Å². The predicted molar refractivity (Wildman–Crippen MR) is 61.1 cm³/mol. The minimum atomic E-state index is -0.718. The third kappa shape index (κ3) is 2.05. The van der Waals surface area contributed by atoms with E-state index in [0.717, 1.165) is 0 Å². The van der Waals surface area contributed by atoms with Crippen molar-refractivity contribution < 1.29 is 18.7 Å². The van der Waals surface area contributed by atoms with Gasteiger partial charge in [-0.1, -0.05) is 0 Å². The van der Waals surface area contributed by atoms with Crippen LogP contribution in [-0.4, -0.2) is 19.7 Å². The van der Waals surface area contributed by atoms with Gasteiger partial charge in [0.05, 0.1) is 13.7 Å². The van der Waals surface area contributed by atoms with Gasteiger partial charge < -0.3 is 9.47 Å². The van der Waals surface area contributed by atoms with Crippen molar-refractivity contribution in [3.8, 4) is 11.8 Å². The molecule has 18 heavy (non-hydrogen) atoms. The lowest BCUT2D eigenvalue weighted by molar-refractivity contribution is -0.135. The Balaban J connectivity index is 2.62. The molecule has 0 amide bonds. The van der Waals surface area contributed by atoms with Gasteiger partial charge in [-0.15, -0.1) is 0 Å². The van der Waals surface area contributed by atoms with E-state index in [2.05, 4.69) is 4.74 Å². The Hall–Kier alpha value is -2.35. The number of rotatable bonds is 1. The maximum Gasteiger partial charge on any atom is 0.348 e. The first-order chi connectivity index (χ1) is 8.67. The molecule has 1 aromatic carbocycles. The first-order valence-electron chi connectivity index (χ1n) is 5.31. The molecule has 1 heterocycles. The summed E-state index contributed by atoms with van der Waals surface area (Å²) in [6.45, 7) is 0.343. The Kier molecular flexibility index (Phi) is 3.28. The molecule has 0 spiro atoms. The van der Waals surface area contributed by atoms with Crippen LogP contribution in [0.2, 0.25) is 0 Å². The minimum Gasteiger partial charge on any atom is -0.493 e. The summed E-state index contributed by atoms with van der Waals surface area (Å²) >= 11 is 0. The van der Waals surface area contributed by atoms with E-state index in [1.54, 1.807) is 0 Å². The molecule has 1 aliphatic rings. The molecular weight excluding hydrogens is 237 g/mol. The monoisotopic (exact) mass is 247 g/mol. The number of hydrogen-bond acceptors (Lipinski definition) is 4. The molecule has 0 saturated carbocycles. The molecule has 92 valence electrons. The number of ether oxygens (including phenoxy) is 2. The number of benzene rings is 1. The van der Waals surface area contributed by atoms with E-state index in [1.165, 1.54) is 25.3 Å². The fraction of sp³-hybridized carbons (Fsp3) is 0.231. The Bertz CT molecular complexity index is 572. The molecular formula is C13H10FNO3. The Morgan fingerprint density at radius 1 is 1.56 bits per heavy atom. The van der Waals surface area contributed by atoms with Crippen LogP contribution in [0.15, 0.2) is 23.8 Å². The molecule has 0 saturated heterocycles. The van der Waals surface area contributed by atoms with Crippen LogP contribution in [0.5, 0.6) is 5.75 Å². The van der Waals surface area contributed by atoms with E-state index < -0.39 is 11.8 Å². The summed E-state index contributed by atoms with van der Waals surface area (Å²) in [6, 6.07) is 5.82. The molecule has 1 aromatic rings. The molecule has 0 N–H and O–H groups in total. The van der Waals surface area contributed by atoms with Gasteiger partial charge in [-0.25, -0.2) is 9.18 Å². The van der Waals surface area contributed by atoms with E-state index in [9.17, 15) is 9.18 Å². The molecule has 0 fully saturated rings. The number of halogens is 1. The molecule has 0 bridgehead atoms. The molecule has 1 aliphatic heterocycles. The number of carbonyl (C=O) groups excluding carboxylic acids is 1. The van der Waals surface area contributed by atoms with Crippen LogP contribution in [0.1, 0.15) is 12.0 Å². The molecule has 0 radical (unpaired) electrons. The zero-order valence-electron chi connectivity index (χ0n) is 9.70. The van der Waals surface area contributed by atoms with Crippen molar-refractivity contribution in [3.63, 3.8) is 0 Å². The normalized spacial score (nSPS) is 16.1. The van der Waals surface area contributed by atoms with Crippen molar-refractivity contribution in [3.05, 3.63) is 35.2 Å². The van der Waals surface area contributed by atoms with Crippen molar-refractivity contribution >= 4 is 11.5 Å². The highest BCUT2D eigenvalue weighted by Gasteiger charge is 2.23. The number of carbonyl (C=O) groups is 1. The third-order valence-corrected chi connectivity index (χ3v) is 2.68. The van der Waals surface area contributed by atoms with Crippen LogP contribution in [0.3, 0.4) is 0 Å². The van der Waals surface area contributed by atoms with Crippen LogP contribution < -0.4 is 4.74 Å². The smallest absolute Gasteiger partial charge is 0.348 e. The van der Waals surface area contributed by atoms with E-state index in [1.807, 2.05) is 6.07 Å². The Morgan fingerprint density at radius 3 is 3.00 bits per heavy atom. The Morgan fingerprint density at radius 2 is 2.33 bits per heavy atom. The zero-order chi connectivity index (χ0) is 13.1. The number of esters is 1. The van der Waals surface area contributed by atoms with Gasteiger partial charge in [0.25, 0.3) is 0 Å². The summed E-state index contributed by atoms with van der Waals surface area (Å²) in [5, 5.41) is 9.03. The van der Waals surface area contributed by atoms with Gasteiger partial charge in [-0.05, 0) is 23.8 Å². The largest absolute Gasteiger partial charge is 0.493 e. The SMILES string of the molecule is COC(=O)/C(C#N)=C1/CCOc2ccc(F)cc21. The second kappa shape index (κ2) is 4.88. The summed E-state index contributed by atoms with van der Waals surface area (Å²) in [7, 11) is 1.20. The van der Waals surface area contributed by atoms with Crippen LogP contribution in [0.25, 0.3) is 5.57 Å². The lowest BCUT2D eigenvalue weighted by atomic mass is 9.95. The lowest BCUT2D eigenvalue weighted by Gasteiger charge is -2.20. The number of nitrogens with zero attached hydrogens (tertiary/aromatic N) is 1. The van der Waals surface area contributed by atoms with Crippen molar-refractivity contribution in [2.45, 2.75) is 6.42 Å². The number of nitriles is 1. The van der Waals surface area contributed by atoms with E-state index in [0.29, 0.717) is 29.9 Å². The summed E-state index contributed by atoms with van der Waals surface area (Å²) in [6.07, 6.45) is 0.369. The molecule has 0 aromatic heterocycles. The van der Waals surface area contributed by atoms with E-state index >= 15 is 0 Å². The fourth-order valence-electron chi connectivity index (χ4n) is 1.86. The molecule has 2 rings (SSSR count). The first kappa shape index (κ1) is 12.1. The van der Waals surface area contributed by atoms with Crippen molar-refractivity contribution in [2.75, 3.05) is 13.7 Å². The molecule has 0 aliphatic carbocycles. The number of methoxy groups -OCH3 is 1. The number of fused-ring (bicyclic) bond motifs is 1. The second-order valence-corrected chi connectivity index (χ2v) is 3.70. The number of hydrogen-bond donors (Lipinski definition) is 0. The standard InChI is InChI=1S/C13H10FNO3/c1-17-13(16)11(7-15)9-4-5-18-12-3-2-8(14)6-10(9)12/h2-3,6H,4-5H2,1H3/b11-9-. The van der Waals surface area contributed by atoms with Gasteiger partial charge in [-0.3, -0.25) is 0 Å². The first-order valence-corrected chi connectivity index (χ1v) is 5.31. The van der Waals surface area contributed by atoms with Crippen molar-refractivity contribution in [1.82, 2.24) is 0 Å². The van der Waals surface area contributed by atoms with Crippen LogP contribution in [0.4, 0.5) is 4.39 Å².